The highest BCUT2D eigenvalue weighted by Gasteiger charge is 2.56. The van der Waals surface area contributed by atoms with Crippen molar-refractivity contribution in [2.75, 3.05) is 24.6 Å². The molecule has 11 heteroatoms. The number of halogens is 1. The predicted molar refractivity (Wildman–Crippen MR) is 141 cm³/mol. The van der Waals surface area contributed by atoms with Crippen molar-refractivity contribution in [2.45, 2.75) is 35.5 Å². The highest BCUT2D eigenvalue weighted by Crippen LogP contribution is 2.54. The molecule has 38 heavy (non-hydrogen) atoms. The standard InChI is InChI=1S/C27H24FN3O5S2/c28-15-8-10-16(11-9-15)31-25(33)21-20(22-24(29-27(35)38-22)37-23(21)26(31)34)17-6-2-3-7-18(17)36-14-19(32)30-12-4-1-5-13-30/h2-3,6-11,20-21,23H,1,4-5,12-14H2,(H,29,35)/t20-,21-,23+/m0/s1. The van der Waals surface area contributed by atoms with Crippen LogP contribution in [0.4, 0.5) is 10.1 Å². The maximum atomic E-state index is 13.8. The molecule has 8 nitrogen and oxygen atoms in total. The van der Waals surface area contributed by atoms with Gasteiger partial charge in [0.25, 0.3) is 5.91 Å². The predicted octanol–water partition coefficient (Wildman–Crippen LogP) is 3.76. The number of carbonyl (C=O) groups excluding carboxylic acids is 3. The van der Waals surface area contributed by atoms with Crippen LogP contribution in [0.15, 0.2) is 58.4 Å². The monoisotopic (exact) mass is 553 g/mol. The van der Waals surface area contributed by atoms with Crippen LogP contribution in [0.2, 0.25) is 0 Å². The number of amides is 3. The zero-order chi connectivity index (χ0) is 26.4. The van der Waals surface area contributed by atoms with Gasteiger partial charge in [0.2, 0.25) is 11.8 Å². The van der Waals surface area contributed by atoms with E-state index in [4.69, 9.17) is 4.74 Å². The number of piperidine rings is 1. The Morgan fingerprint density at radius 2 is 1.74 bits per heavy atom. The molecule has 3 amide bonds. The van der Waals surface area contributed by atoms with Gasteiger partial charge in [0.15, 0.2) is 6.61 Å². The molecule has 0 radical (unpaired) electrons. The Kier molecular flexibility index (Phi) is 6.56. The van der Waals surface area contributed by atoms with E-state index in [2.05, 4.69) is 4.98 Å². The lowest BCUT2D eigenvalue weighted by molar-refractivity contribution is -0.134. The number of thioether (sulfide) groups is 1. The van der Waals surface area contributed by atoms with Crippen LogP contribution in [0.5, 0.6) is 5.75 Å². The van der Waals surface area contributed by atoms with Crippen molar-refractivity contribution in [1.82, 2.24) is 9.88 Å². The minimum Gasteiger partial charge on any atom is -0.483 e. The Morgan fingerprint density at radius 3 is 2.50 bits per heavy atom. The van der Waals surface area contributed by atoms with Crippen LogP contribution in [0.3, 0.4) is 0 Å². The molecular weight excluding hydrogens is 529 g/mol. The first-order chi connectivity index (χ1) is 18.4. The van der Waals surface area contributed by atoms with Crippen LogP contribution in [0.25, 0.3) is 0 Å². The minimum atomic E-state index is -0.806. The Bertz CT molecular complexity index is 1460. The number of fused-ring (bicyclic) bond motifs is 2. The van der Waals surface area contributed by atoms with E-state index in [1.807, 2.05) is 6.07 Å². The summed E-state index contributed by atoms with van der Waals surface area (Å²) >= 11 is 2.18. The van der Waals surface area contributed by atoms with Gasteiger partial charge in [-0.2, -0.15) is 0 Å². The fourth-order valence-electron chi connectivity index (χ4n) is 5.44. The SMILES string of the molecule is O=C(COc1ccccc1[C@@H]1c2sc(=O)[nH]c2S[C@H]2C(=O)N(c3ccc(F)cc3)C(=O)[C@@H]12)N1CCCCC1. The van der Waals surface area contributed by atoms with E-state index in [1.54, 1.807) is 23.1 Å². The number of benzene rings is 2. The molecule has 3 aromatic rings. The first-order valence-corrected chi connectivity index (χ1v) is 14.1. The Balaban J connectivity index is 1.36. The maximum absolute atomic E-state index is 13.8. The third-order valence-corrected chi connectivity index (χ3v) is 9.62. The summed E-state index contributed by atoms with van der Waals surface area (Å²) in [5.41, 5.74) is 0.927. The molecule has 0 saturated carbocycles. The lowest BCUT2D eigenvalue weighted by Gasteiger charge is -2.31. The first kappa shape index (κ1) is 24.9. The number of rotatable bonds is 5. The van der Waals surface area contributed by atoms with E-state index in [-0.39, 0.29) is 17.4 Å². The Hall–Kier alpha value is -3.44. The summed E-state index contributed by atoms with van der Waals surface area (Å²) in [4.78, 5) is 58.6. The number of anilines is 1. The molecule has 1 N–H and O–H groups in total. The van der Waals surface area contributed by atoms with Crippen LogP contribution in [-0.2, 0) is 14.4 Å². The average molecular weight is 554 g/mol. The normalized spacial score (nSPS) is 22.8. The summed E-state index contributed by atoms with van der Waals surface area (Å²) in [6, 6.07) is 12.4. The molecule has 196 valence electrons. The van der Waals surface area contributed by atoms with Crippen molar-refractivity contribution in [3.63, 3.8) is 0 Å². The van der Waals surface area contributed by atoms with Gasteiger partial charge in [-0.1, -0.05) is 41.3 Å². The summed E-state index contributed by atoms with van der Waals surface area (Å²) in [5, 5.41) is -0.231. The van der Waals surface area contributed by atoms with Crippen LogP contribution in [0.1, 0.15) is 35.6 Å². The van der Waals surface area contributed by atoms with Crippen molar-refractivity contribution in [3.05, 3.63) is 74.5 Å². The van der Waals surface area contributed by atoms with Gasteiger partial charge in [-0.25, -0.2) is 9.29 Å². The molecule has 1 aromatic heterocycles. The number of para-hydroxylation sites is 1. The number of imide groups is 1. The summed E-state index contributed by atoms with van der Waals surface area (Å²) in [6.45, 7) is 1.28. The molecule has 2 aromatic carbocycles. The number of H-pyrrole nitrogens is 1. The van der Waals surface area contributed by atoms with Crippen LogP contribution in [0, 0.1) is 11.7 Å². The van der Waals surface area contributed by atoms with Gasteiger partial charge >= 0.3 is 4.87 Å². The van der Waals surface area contributed by atoms with E-state index in [1.165, 1.54) is 36.0 Å². The Labute approximate surface area is 225 Å². The zero-order valence-electron chi connectivity index (χ0n) is 20.2. The smallest absolute Gasteiger partial charge is 0.305 e. The highest BCUT2D eigenvalue weighted by atomic mass is 32.2. The van der Waals surface area contributed by atoms with Gasteiger partial charge < -0.3 is 14.6 Å². The van der Waals surface area contributed by atoms with Gasteiger partial charge in [-0.3, -0.25) is 19.2 Å². The second-order valence-electron chi connectivity index (χ2n) is 9.51. The molecule has 3 aliphatic rings. The van der Waals surface area contributed by atoms with Gasteiger partial charge in [0.1, 0.15) is 16.8 Å². The summed E-state index contributed by atoms with van der Waals surface area (Å²) in [5.74, 6) is -2.42. The van der Waals surface area contributed by atoms with E-state index in [0.29, 0.717) is 40.0 Å². The van der Waals surface area contributed by atoms with Crippen LogP contribution < -0.4 is 14.5 Å². The van der Waals surface area contributed by atoms with Crippen molar-refractivity contribution in [3.8, 4) is 5.75 Å². The second kappa shape index (κ2) is 10.0. The van der Waals surface area contributed by atoms with E-state index < -0.39 is 34.7 Å². The number of nitrogens with one attached hydrogen (secondary N) is 1. The molecule has 3 aliphatic heterocycles. The number of carbonyl (C=O) groups is 3. The molecule has 0 unspecified atom stereocenters. The molecule has 0 bridgehead atoms. The molecular formula is C27H24FN3O5S2. The van der Waals surface area contributed by atoms with Crippen molar-refractivity contribution < 1.29 is 23.5 Å². The van der Waals surface area contributed by atoms with Gasteiger partial charge in [0, 0.05) is 29.4 Å². The van der Waals surface area contributed by atoms with Gasteiger partial charge in [0.05, 0.1) is 16.6 Å². The fraction of sp³-hybridized carbons (Fsp3) is 0.333. The van der Waals surface area contributed by atoms with Crippen LogP contribution in [-0.4, -0.2) is 52.6 Å². The maximum Gasteiger partial charge on any atom is 0.305 e. The molecule has 2 fully saturated rings. The molecule has 0 spiro atoms. The average Bonchev–Trinajstić information content (AvgIpc) is 3.43. The largest absolute Gasteiger partial charge is 0.483 e. The number of aromatic amines is 1. The van der Waals surface area contributed by atoms with Crippen LogP contribution >= 0.6 is 23.1 Å². The number of thiazole rings is 1. The number of nitrogens with zero attached hydrogens (tertiary/aromatic N) is 2. The third kappa shape index (κ3) is 4.33. The fourth-order valence-corrected chi connectivity index (χ4v) is 7.95. The van der Waals surface area contributed by atoms with Gasteiger partial charge in [-0.05, 0) is 49.6 Å². The number of hydrogen-bond donors (Lipinski definition) is 1. The minimum absolute atomic E-state index is 0.0989. The van der Waals surface area contributed by atoms with Gasteiger partial charge in [-0.15, -0.1) is 0 Å². The lowest BCUT2D eigenvalue weighted by atomic mass is 9.82. The molecule has 3 atom stereocenters. The number of likely N-dealkylation sites (tertiary alicyclic amines) is 1. The van der Waals surface area contributed by atoms with E-state index >= 15 is 0 Å². The number of aromatic nitrogens is 1. The summed E-state index contributed by atoms with van der Waals surface area (Å²) in [6.07, 6.45) is 3.06. The summed E-state index contributed by atoms with van der Waals surface area (Å²) < 4.78 is 19.6. The molecule has 4 heterocycles. The Morgan fingerprint density at radius 1 is 1.00 bits per heavy atom. The van der Waals surface area contributed by atoms with Crippen molar-refractivity contribution in [1.29, 1.82) is 0 Å². The summed E-state index contributed by atoms with van der Waals surface area (Å²) in [7, 11) is 0. The molecule has 2 saturated heterocycles. The quantitative estimate of drug-likeness (QED) is 0.483. The van der Waals surface area contributed by atoms with E-state index in [0.717, 1.165) is 35.5 Å². The molecule has 6 rings (SSSR count). The molecule has 0 aliphatic carbocycles. The number of ether oxygens (including phenoxy) is 1. The first-order valence-electron chi connectivity index (χ1n) is 12.4. The van der Waals surface area contributed by atoms with E-state index in [9.17, 15) is 23.6 Å². The lowest BCUT2D eigenvalue weighted by Crippen LogP contribution is -2.38. The number of hydrogen-bond acceptors (Lipinski definition) is 7. The van der Waals surface area contributed by atoms with Crippen molar-refractivity contribution >= 4 is 46.5 Å². The second-order valence-corrected chi connectivity index (χ2v) is 11.7. The zero-order valence-corrected chi connectivity index (χ0v) is 21.9. The highest BCUT2D eigenvalue weighted by molar-refractivity contribution is 8.00. The van der Waals surface area contributed by atoms with Crippen molar-refractivity contribution in [2.24, 2.45) is 5.92 Å². The third-order valence-electron chi connectivity index (χ3n) is 7.22. The topological polar surface area (TPSA) is 99.8 Å².